The van der Waals surface area contributed by atoms with Crippen LogP contribution in [0, 0.1) is 0 Å². The van der Waals surface area contributed by atoms with Crippen molar-refractivity contribution in [3.05, 3.63) is 113 Å². The zero-order valence-corrected chi connectivity index (χ0v) is 28.9. The van der Waals surface area contributed by atoms with Crippen LogP contribution in [-0.2, 0) is 30.4 Å². The Bertz CT molecular complexity index is 1610. The van der Waals surface area contributed by atoms with Gasteiger partial charge in [0, 0.05) is 38.5 Å². The minimum atomic E-state index is -0.713. The van der Waals surface area contributed by atoms with Crippen molar-refractivity contribution in [2.45, 2.75) is 70.1 Å². The Labute approximate surface area is 298 Å². The molecule has 0 unspecified atom stereocenters. The van der Waals surface area contributed by atoms with Crippen molar-refractivity contribution in [1.29, 1.82) is 0 Å². The van der Waals surface area contributed by atoms with E-state index in [4.69, 9.17) is 19.4 Å². The summed E-state index contributed by atoms with van der Waals surface area (Å²) < 4.78 is 17.3. The molecule has 0 aromatic heterocycles. The summed E-state index contributed by atoms with van der Waals surface area (Å²) in [6.07, 6.45) is 8.80. The Balaban J connectivity index is 1.36. The zero-order valence-electron chi connectivity index (χ0n) is 28.9. The van der Waals surface area contributed by atoms with Gasteiger partial charge in [0.1, 0.15) is 11.9 Å². The highest BCUT2D eigenvalue weighted by atomic mass is 16.5. The number of nitrogens with zero attached hydrogens (tertiary/aromatic N) is 2. The summed E-state index contributed by atoms with van der Waals surface area (Å²) in [4.78, 5) is 52.0. The number of nitrogens with one attached hydrogen (secondary N) is 2. The van der Waals surface area contributed by atoms with Crippen molar-refractivity contribution in [3.63, 3.8) is 0 Å². The molecule has 0 bridgehead atoms. The highest BCUT2D eigenvalue weighted by Gasteiger charge is 2.34. The second-order valence-corrected chi connectivity index (χ2v) is 12.1. The van der Waals surface area contributed by atoms with Crippen molar-refractivity contribution in [2.24, 2.45) is 5.10 Å². The van der Waals surface area contributed by atoms with Gasteiger partial charge in [-0.05, 0) is 73.1 Å². The number of allylic oxidation sites excluding steroid dienone is 2. The Morgan fingerprint density at radius 2 is 1.67 bits per heavy atom. The first-order valence-corrected chi connectivity index (χ1v) is 17.1. The molecule has 51 heavy (non-hydrogen) atoms. The largest absolute Gasteiger partial charge is 0.494 e. The number of amides is 3. The van der Waals surface area contributed by atoms with Gasteiger partial charge in [-0.15, -0.1) is 0 Å². The quantitative estimate of drug-likeness (QED) is 0.0459. The van der Waals surface area contributed by atoms with Crippen molar-refractivity contribution in [2.75, 3.05) is 20.3 Å². The zero-order chi connectivity index (χ0) is 36.3. The second kappa shape index (κ2) is 21.0. The number of hydroxylamine groups is 1. The minimum absolute atomic E-state index is 0.0748. The van der Waals surface area contributed by atoms with E-state index in [1.807, 2.05) is 66.7 Å². The Kier molecular flexibility index (Phi) is 15.9. The molecule has 2 atom stereocenters. The summed E-state index contributed by atoms with van der Waals surface area (Å²) >= 11 is 0. The van der Waals surface area contributed by atoms with Crippen molar-refractivity contribution >= 4 is 29.9 Å². The molecule has 1 aliphatic rings. The minimum Gasteiger partial charge on any atom is -0.494 e. The SMILES string of the molecule is COC[C@H]1[C@H](c2ccccc2)OC(=O)CC/C=C/CCC(=O)N1Cc1ccc(/C=N/NC(=O)c2ccc(OCCCCCC(=O)NO)cc2)cc1. The molecule has 0 fully saturated rings. The maximum Gasteiger partial charge on any atom is 0.306 e. The Morgan fingerprint density at radius 1 is 0.941 bits per heavy atom. The van der Waals surface area contributed by atoms with Crippen LogP contribution in [0.4, 0.5) is 0 Å². The van der Waals surface area contributed by atoms with Crippen LogP contribution in [0.5, 0.6) is 5.75 Å². The van der Waals surface area contributed by atoms with Gasteiger partial charge >= 0.3 is 5.97 Å². The molecule has 12 nitrogen and oxygen atoms in total. The van der Waals surface area contributed by atoms with Crippen LogP contribution >= 0.6 is 0 Å². The number of methoxy groups -OCH3 is 1. The molecule has 4 rings (SSSR count). The van der Waals surface area contributed by atoms with Gasteiger partial charge in [-0.3, -0.25) is 24.4 Å². The first kappa shape index (κ1) is 38.5. The van der Waals surface area contributed by atoms with Gasteiger partial charge < -0.3 is 19.1 Å². The van der Waals surface area contributed by atoms with E-state index < -0.39 is 18.1 Å². The molecule has 3 aromatic rings. The number of cyclic esters (lactones) is 1. The second-order valence-electron chi connectivity index (χ2n) is 12.1. The first-order valence-electron chi connectivity index (χ1n) is 17.1. The van der Waals surface area contributed by atoms with Crippen LogP contribution in [0.1, 0.15) is 84.5 Å². The number of hydrazone groups is 1. The van der Waals surface area contributed by atoms with Crippen LogP contribution in [0.2, 0.25) is 0 Å². The molecule has 0 spiro atoms. The van der Waals surface area contributed by atoms with E-state index in [2.05, 4.69) is 10.5 Å². The van der Waals surface area contributed by atoms with E-state index in [0.717, 1.165) is 29.5 Å². The lowest BCUT2D eigenvalue weighted by atomic mass is 9.99. The fourth-order valence-corrected chi connectivity index (χ4v) is 5.55. The fourth-order valence-electron chi connectivity index (χ4n) is 5.55. The van der Waals surface area contributed by atoms with E-state index in [1.165, 1.54) is 6.21 Å². The molecule has 12 heteroatoms. The highest BCUT2D eigenvalue weighted by molar-refractivity contribution is 5.95. The lowest BCUT2D eigenvalue weighted by molar-refractivity contribution is -0.159. The third-order valence-corrected chi connectivity index (χ3v) is 8.27. The molecule has 1 heterocycles. The average molecular weight is 699 g/mol. The summed E-state index contributed by atoms with van der Waals surface area (Å²) in [6.45, 7) is 0.914. The number of hydrogen-bond donors (Lipinski definition) is 3. The smallest absolute Gasteiger partial charge is 0.306 e. The van der Waals surface area contributed by atoms with Gasteiger partial charge in [0.25, 0.3) is 5.91 Å². The van der Waals surface area contributed by atoms with Gasteiger partial charge in [-0.2, -0.15) is 5.10 Å². The topological polar surface area (TPSA) is 156 Å². The maximum atomic E-state index is 13.7. The Morgan fingerprint density at radius 3 is 2.37 bits per heavy atom. The van der Waals surface area contributed by atoms with Gasteiger partial charge in [-0.1, -0.05) is 66.7 Å². The number of hydrogen-bond acceptors (Lipinski definition) is 9. The van der Waals surface area contributed by atoms with Crippen molar-refractivity contribution < 1.29 is 38.6 Å². The number of carbonyl (C=O) groups excluding carboxylic acids is 4. The maximum absolute atomic E-state index is 13.7. The summed E-state index contributed by atoms with van der Waals surface area (Å²) in [7, 11) is 1.57. The summed E-state index contributed by atoms with van der Waals surface area (Å²) in [5.74, 6) is -0.565. The monoisotopic (exact) mass is 698 g/mol. The highest BCUT2D eigenvalue weighted by Crippen LogP contribution is 2.29. The number of ether oxygens (including phenoxy) is 3. The van der Waals surface area contributed by atoms with Gasteiger partial charge in [0.2, 0.25) is 11.8 Å². The lowest BCUT2D eigenvalue weighted by Gasteiger charge is -2.37. The number of rotatable bonds is 15. The molecule has 1 aliphatic heterocycles. The third-order valence-electron chi connectivity index (χ3n) is 8.27. The lowest BCUT2D eigenvalue weighted by Crippen LogP contribution is -2.47. The normalized spacial score (nSPS) is 17.6. The van der Waals surface area contributed by atoms with Crippen LogP contribution in [0.25, 0.3) is 0 Å². The van der Waals surface area contributed by atoms with Crippen molar-refractivity contribution in [1.82, 2.24) is 15.8 Å². The molecule has 270 valence electrons. The molecular formula is C39H46N4O8. The Hall–Kier alpha value is -5.33. The van der Waals surface area contributed by atoms with Gasteiger partial charge in [0.05, 0.1) is 25.5 Å². The van der Waals surface area contributed by atoms with E-state index in [9.17, 15) is 19.2 Å². The molecule has 3 N–H and O–H groups in total. The number of benzene rings is 3. The van der Waals surface area contributed by atoms with Crippen LogP contribution in [0.3, 0.4) is 0 Å². The number of esters is 1. The van der Waals surface area contributed by atoms with E-state index >= 15 is 0 Å². The number of unbranched alkanes of at least 4 members (excludes halogenated alkanes) is 2. The van der Waals surface area contributed by atoms with Crippen molar-refractivity contribution in [3.8, 4) is 5.75 Å². The summed E-state index contributed by atoms with van der Waals surface area (Å²) in [5, 5.41) is 12.6. The molecule has 3 aromatic carbocycles. The molecule has 0 saturated carbocycles. The fraction of sp³-hybridized carbons (Fsp3) is 0.359. The molecule has 0 aliphatic carbocycles. The average Bonchev–Trinajstić information content (AvgIpc) is 3.15. The van der Waals surface area contributed by atoms with Crippen LogP contribution in [-0.4, -0.2) is 66.4 Å². The first-order chi connectivity index (χ1) is 24.9. The summed E-state index contributed by atoms with van der Waals surface area (Å²) in [6, 6.07) is 23.1. The van der Waals surface area contributed by atoms with E-state index in [-0.39, 0.29) is 43.8 Å². The standard InChI is InChI=1S/C39H46N4O8/c1-49-28-34-38(31-12-6-4-7-13-31)51-37(46)16-10-3-2-9-15-36(45)43(34)27-30-19-17-29(18-20-30)26-40-41-39(47)32-21-23-33(24-22-32)50-25-11-5-8-14-35(44)42-48/h2-4,6-7,12-13,17-24,26,34,38,48H,5,8-11,14-16,25,27-28H2,1H3,(H,41,47)(H,42,44)/b3-2+,40-26+/t34-,38-/m0/s1. The van der Waals surface area contributed by atoms with Crippen LogP contribution in [0.15, 0.2) is 96.1 Å². The van der Waals surface area contributed by atoms with Crippen LogP contribution < -0.4 is 15.6 Å². The van der Waals surface area contributed by atoms with E-state index in [1.54, 1.807) is 41.8 Å². The predicted molar refractivity (Wildman–Crippen MR) is 191 cm³/mol. The predicted octanol–water partition coefficient (Wildman–Crippen LogP) is 5.65. The molecule has 3 amide bonds. The third kappa shape index (κ3) is 12.8. The molecule has 0 saturated heterocycles. The van der Waals surface area contributed by atoms with Gasteiger partial charge in [-0.25, -0.2) is 10.9 Å². The van der Waals surface area contributed by atoms with Gasteiger partial charge in [0.15, 0.2) is 0 Å². The summed E-state index contributed by atoms with van der Waals surface area (Å²) in [5.41, 5.74) is 6.96. The number of carbonyl (C=O) groups is 4. The molecular weight excluding hydrogens is 652 g/mol. The van der Waals surface area contributed by atoms with E-state index in [0.29, 0.717) is 43.6 Å². The molecule has 0 radical (unpaired) electrons.